The second-order valence-electron chi connectivity index (χ2n) is 6.24. The highest BCUT2D eigenvalue weighted by molar-refractivity contribution is 8.00. The number of hydrogen-bond acceptors (Lipinski definition) is 5. The number of rotatable bonds is 4. The maximum absolute atomic E-state index is 12.9. The third-order valence-electron chi connectivity index (χ3n) is 4.54. The van der Waals surface area contributed by atoms with Gasteiger partial charge < -0.3 is 9.47 Å². The Kier molecular flexibility index (Phi) is 4.46. The van der Waals surface area contributed by atoms with Crippen LogP contribution in [0, 0.1) is 0 Å². The lowest BCUT2D eigenvalue weighted by Gasteiger charge is -2.21. The lowest BCUT2D eigenvalue weighted by Crippen LogP contribution is -2.35. The Labute approximate surface area is 156 Å². The first kappa shape index (κ1) is 16.8. The monoisotopic (exact) mass is 365 g/mol. The average molecular weight is 365 g/mol. The number of benzene rings is 1. The molecule has 1 atom stereocenters. The molecule has 0 spiro atoms. The minimum absolute atomic E-state index is 0.103. The summed E-state index contributed by atoms with van der Waals surface area (Å²) in [5.41, 5.74) is 3.16. The van der Waals surface area contributed by atoms with Crippen molar-refractivity contribution < 1.29 is 4.79 Å². The zero-order valence-corrected chi connectivity index (χ0v) is 15.5. The van der Waals surface area contributed by atoms with Crippen LogP contribution >= 0.6 is 11.8 Å². The van der Waals surface area contributed by atoms with Gasteiger partial charge in [-0.25, -0.2) is 0 Å². The molecule has 0 saturated carbocycles. The third kappa shape index (κ3) is 2.99. The van der Waals surface area contributed by atoms with Gasteiger partial charge in [-0.05, 0) is 37.1 Å². The quantitative estimate of drug-likeness (QED) is 0.665. The number of hydrogen-bond donors (Lipinski definition) is 0. The first-order valence-corrected chi connectivity index (χ1v) is 9.39. The number of carbonyl (C=O) groups excluding carboxylic acids is 1. The molecule has 4 rings (SSSR count). The Balaban J connectivity index is 1.52. The van der Waals surface area contributed by atoms with Gasteiger partial charge in [0, 0.05) is 37.2 Å². The summed E-state index contributed by atoms with van der Waals surface area (Å²) < 4.78 is 1.91. The molecule has 0 saturated heterocycles. The number of para-hydroxylation sites is 1. The molecular formula is C19H19N5OS. The van der Waals surface area contributed by atoms with E-state index in [4.69, 9.17) is 0 Å². The molecule has 0 fully saturated rings. The second kappa shape index (κ2) is 6.92. The van der Waals surface area contributed by atoms with Crippen LogP contribution in [-0.2, 0) is 18.3 Å². The molecule has 132 valence electrons. The maximum atomic E-state index is 12.9. The predicted molar refractivity (Wildman–Crippen MR) is 102 cm³/mol. The average Bonchev–Trinajstić information content (AvgIpc) is 3.26. The largest absolute Gasteiger partial charge is 0.311 e. The van der Waals surface area contributed by atoms with E-state index in [1.54, 1.807) is 12.4 Å². The van der Waals surface area contributed by atoms with E-state index < -0.39 is 0 Å². The van der Waals surface area contributed by atoms with Crippen LogP contribution in [0.25, 0.3) is 11.4 Å². The number of amides is 1. The van der Waals surface area contributed by atoms with Crippen molar-refractivity contribution in [3.63, 3.8) is 0 Å². The highest BCUT2D eigenvalue weighted by atomic mass is 32.2. The van der Waals surface area contributed by atoms with E-state index in [1.165, 1.54) is 17.3 Å². The smallest absolute Gasteiger partial charge is 0.240 e. The molecule has 1 aromatic carbocycles. The summed E-state index contributed by atoms with van der Waals surface area (Å²) in [4.78, 5) is 18.9. The number of nitrogens with zero attached hydrogens (tertiary/aromatic N) is 5. The minimum atomic E-state index is -0.245. The molecule has 1 aliphatic heterocycles. The van der Waals surface area contributed by atoms with Crippen molar-refractivity contribution in [1.82, 2.24) is 19.7 Å². The first-order chi connectivity index (χ1) is 12.6. The van der Waals surface area contributed by atoms with E-state index in [0.717, 1.165) is 35.2 Å². The fourth-order valence-corrected chi connectivity index (χ4v) is 4.04. The van der Waals surface area contributed by atoms with Gasteiger partial charge in [0.15, 0.2) is 11.0 Å². The molecule has 0 N–H and O–H groups in total. The number of pyridine rings is 1. The number of anilines is 1. The van der Waals surface area contributed by atoms with Crippen LogP contribution in [-0.4, -0.2) is 37.5 Å². The normalized spacial score (nSPS) is 14.3. The van der Waals surface area contributed by atoms with Gasteiger partial charge in [0.05, 0.1) is 5.25 Å². The number of aromatic nitrogens is 4. The molecule has 6 nitrogen and oxygen atoms in total. The summed E-state index contributed by atoms with van der Waals surface area (Å²) in [6.07, 6.45) is 4.40. The van der Waals surface area contributed by atoms with Crippen LogP contribution in [0.3, 0.4) is 0 Å². The molecule has 3 heterocycles. The Hall–Kier alpha value is -2.67. The van der Waals surface area contributed by atoms with Gasteiger partial charge in [-0.1, -0.05) is 30.0 Å². The number of fused-ring (bicyclic) bond motifs is 1. The van der Waals surface area contributed by atoms with Gasteiger partial charge in [-0.15, -0.1) is 10.2 Å². The van der Waals surface area contributed by atoms with Crippen molar-refractivity contribution in [2.24, 2.45) is 7.05 Å². The topological polar surface area (TPSA) is 63.9 Å². The molecule has 3 aromatic rings. The third-order valence-corrected chi connectivity index (χ3v) is 5.66. The van der Waals surface area contributed by atoms with Gasteiger partial charge in [0.2, 0.25) is 5.91 Å². The molecule has 1 unspecified atom stereocenters. The molecule has 1 amide bonds. The van der Waals surface area contributed by atoms with Crippen LogP contribution in [0.5, 0.6) is 0 Å². The van der Waals surface area contributed by atoms with Gasteiger partial charge in [0.1, 0.15) is 0 Å². The zero-order chi connectivity index (χ0) is 18.1. The summed E-state index contributed by atoms with van der Waals surface area (Å²) in [5, 5.41) is 9.00. The van der Waals surface area contributed by atoms with E-state index in [2.05, 4.69) is 21.2 Å². The summed E-state index contributed by atoms with van der Waals surface area (Å²) >= 11 is 1.43. The highest BCUT2D eigenvalue weighted by Gasteiger charge is 2.29. The van der Waals surface area contributed by atoms with Crippen molar-refractivity contribution in [3.8, 4) is 11.4 Å². The van der Waals surface area contributed by atoms with Crippen LogP contribution in [0.15, 0.2) is 53.9 Å². The molecule has 0 aliphatic carbocycles. The first-order valence-electron chi connectivity index (χ1n) is 8.51. The SMILES string of the molecule is CC(Sc1nnc(-c2cccnc2)n1C)C(=O)N1CCc2ccccc21. The van der Waals surface area contributed by atoms with Gasteiger partial charge >= 0.3 is 0 Å². The lowest BCUT2D eigenvalue weighted by atomic mass is 10.2. The van der Waals surface area contributed by atoms with Crippen LogP contribution < -0.4 is 4.90 Å². The summed E-state index contributed by atoms with van der Waals surface area (Å²) in [7, 11) is 1.91. The predicted octanol–water partition coefficient (Wildman–Crippen LogP) is 2.95. The standard InChI is InChI=1S/C19H19N5OS/c1-13(18(25)24-11-9-14-6-3-4-8-16(14)24)26-19-22-21-17(23(19)2)15-7-5-10-20-12-15/h3-8,10,12-13H,9,11H2,1-2H3. The van der Waals surface area contributed by atoms with Gasteiger partial charge in [-0.2, -0.15) is 0 Å². The Bertz CT molecular complexity index is 940. The molecule has 1 aliphatic rings. The minimum Gasteiger partial charge on any atom is -0.311 e. The second-order valence-corrected chi connectivity index (χ2v) is 7.54. The number of carbonyl (C=O) groups is 1. The van der Waals surface area contributed by atoms with Crippen LogP contribution in [0.4, 0.5) is 5.69 Å². The summed E-state index contributed by atoms with van der Waals surface area (Å²) in [6.45, 7) is 2.66. The Morgan fingerprint density at radius 3 is 2.85 bits per heavy atom. The molecule has 0 bridgehead atoms. The molecule has 0 radical (unpaired) electrons. The summed E-state index contributed by atoms with van der Waals surface area (Å²) in [6, 6.07) is 11.9. The maximum Gasteiger partial charge on any atom is 0.240 e. The van der Waals surface area contributed by atoms with Crippen molar-refractivity contribution in [2.75, 3.05) is 11.4 Å². The van der Waals surface area contributed by atoms with E-state index >= 15 is 0 Å². The van der Waals surface area contributed by atoms with E-state index in [-0.39, 0.29) is 11.2 Å². The molecular weight excluding hydrogens is 346 g/mol. The molecule has 2 aromatic heterocycles. The van der Waals surface area contributed by atoms with Crippen LogP contribution in [0.1, 0.15) is 12.5 Å². The van der Waals surface area contributed by atoms with Crippen molar-refractivity contribution in [2.45, 2.75) is 23.8 Å². The fraction of sp³-hybridized carbons (Fsp3) is 0.263. The van der Waals surface area contributed by atoms with Gasteiger partial charge in [-0.3, -0.25) is 9.78 Å². The zero-order valence-electron chi connectivity index (χ0n) is 14.7. The summed E-state index contributed by atoms with van der Waals surface area (Å²) in [5.74, 6) is 0.845. The van der Waals surface area contributed by atoms with E-state index in [0.29, 0.717) is 0 Å². The fourth-order valence-electron chi connectivity index (χ4n) is 3.16. The molecule has 7 heteroatoms. The lowest BCUT2D eigenvalue weighted by molar-refractivity contribution is -0.117. The van der Waals surface area contributed by atoms with E-state index in [9.17, 15) is 4.79 Å². The van der Waals surface area contributed by atoms with Crippen LogP contribution in [0.2, 0.25) is 0 Å². The highest BCUT2D eigenvalue weighted by Crippen LogP contribution is 2.31. The Morgan fingerprint density at radius 2 is 2.04 bits per heavy atom. The Morgan fingerprint density at radius 1 is 1.19 bits per heavy atom. The molecule has 26 heavy (non-hydrogen) atoms. The number of thioether (sulfide) groups is 1. The van der Waals surface area contributed by atoms with Gasteiger partial charge in [0.25, 0.3) is 0 Å². The van der Waals surface area contributed by atoms with Crippen molar-refractivity contribution >= 4 is 23.4 Å². The van der Waals surface area contributed by atoms with Crippen molar-refractivity contribution in [3.05, 3.63) is 54.4 Å². The van der Waals surface area contributed by atoms with Crippen molar-refractivity contribution in [1.29, 1.82) is 0 Å². The van der Waals surface area contributed by atoms with E-state index in [1.807, 2.05) is 53.8 Å².